The highest BCUT2D eigenvalue weighted by Crippen LogP contribution is 2.26. The molecular weight excluding hydrogens is 290 g/mol. The minimum Gasteiger partial charge on any atom is -0.396 e. The monoisotopic (exact) mass is 317 g/mol. The van der Waals surface area contributed by atoms with E-state index in [0.29, 0.717) is 18.0 Å². The van der Waals surface area contributed by atoms with Gasteiger partial charge in [-0.1, -0.05) is 12.8 Å². The van der Waals surface area contributed by atoms with Gasteiger partial charge in [0.15, 0.2) is 0 Å². The lowest BCUT2D eigenvalue weighted by Crippen LogP contribution is -2.35. The summed E-state index contributed by atoms with van der Waals surface area (Å²) in [6, 6.07) is 3.52. The Morgan fingerprint density at radius 1 is 1.09 bits per heavy atom. The maximum Gasteiger partial charge on any atom is 0.253 e. The first-order chi connectivity index (χ1) is 11.3. The van der Waals surface area contributed by atoms with Crippen molar-refractivity contribution in [1.82, 2.24) is 14.8 Å². The molecule has 0 aromatic carbocycles. The molecule has 2 atom stereocenters. The van der Waals surface area contributed by atoms with Crippen molar-refractivity contribution in [2.45, 2.75) is 25.7 Å². The molecule has 2 fully saturated rings. The van der Waals surface area contributed by atoms with E-state index in [1.54, 1.807) is 24.5 Å². The quantitative estimate of drug-likeness (QED) is 0.917. The SMILES string of the molecule is O=C(c1ccncc1)N1C[C@@H](CO)[C@@H](CN2CCCCCC2)C1. The normalized spacial score (nSPS) is 26.2. The van der Waals surface area contributed by atoms with Crippen LogP contribution < -0.4 is 0 Å². The van der Waals surface area contributed by atoms with E-state index in [4.69, 9.17) is 0 Å². The zero-order chi connectivity index (χ0) is 16.1. The highest BCUT2D eigenvalue weighted by atomic mass is 16.3. The highest BCUT2D eigenvalue weighted by molar-refractivity contribution is 5.94. The van der Waals surface area contributed by atoms with Gasteiger partial charge in [0.1, 0.15) is 0 Å². The van der Waals surface area contributed by atoms with Crippen molar-refractivity contribution in [2.75, 3.05) is 39.3 Å². The molecule has 2 aliphatic heterocycles. The Bertz CT molecular complexity index is 500. The summed E-state index contributed by atoms with van der Waals surface area (Å²) in [4.78, 5) is 21.0. The number of hydrogen-bond acceptors (Lipinski definition) is 4. The number of carbonyl (C=O) groups is 1. The third-order valence-electron chi connectivity index (χ3n) is 5.22. The standard InChI is InChI=1S/C18H27N3O2/c22-14-17-13-21(18(23)15-5-7-19-8-6-15)12-16(17)11-20-9-3-1-2-4-10-20/h5-8,16-17,22H,1-4,9-14H2/t16-,17-/m0/s1. The third kappa shape index (κ3) is 4.09. The van der Waals surface area contributed by atoms with Gasteiger partial charge in [-0.05, 0) is 44.0 Å². The molecule has 1 amide bonds. The van der Waals surface area contributed by atoms with E-state index < -0.39 is 0 Å². The predicted molar refractivity (Wildman–Crippen MR) is 89.1 cm³/mol. The van der Waals surface area contributed by atoms with E-state index in [2.05, 4.69) is 9.88 Å². The summed E-state index contributed by atoms with van der Waals surface area (Å²) in [5.41, 5.74) is 0.687. The molecule has 3 rings (SSSR count). The number of hydrogen-bond donors (Lipinski definition) is 1. The maximum absolute atomic E-state index is 12.6. The van der Waals surface area contributed by atoms with Gasteiger partial charge >= 0.3 is 0 Å². The van der Waals surface area contributed by atoms with Crippen LogP contribution in [0.5, 0.6) is 0 Å². The molecule has 23 heavy (non-hydrogen) atoms. The first kappa shape index (κ1) is 16.4. The molecule has 0 radical (unpaired) electrons. The molecule has 1 aromatic heterocycles. The minimum atomic E-state index is 0.0595. The summed E-state index contributed by atoms with van der Waals surface area (Å²) < 4.78 is 0. The second-order valence-electron chi connectivity index (χ2n) is 6.86. The van der Waals surface area contributed by atoms with Gasteiger partial charge in [-0.3, -0.25) is 9.78 Å². The first-order valence-electron chi connectivity index (χ1n) is 8.80. The first-order valence-corrected chi connectivity index (χ1v) is 8.80. The smallest absolute Gasteiger partial charge is 0.253 e. The Morgan fingerprint density at radius 2 is 1.74 bits per heavy atom. The Morgan fingerprint density at radius 3 is 2.39 bits per heavy atom. The second kappa shape index (κ2) is 7.88. The van der Waals surface area contributed by atoms with Crippen molar-refractivity contribution in [1.29, 1.82) is 0 Å². The van der Waals surface area contributed by atoms with Gasteiger partial charge in [0.05, 0.1) is 0 Å². The number of pyridine rings is 1. The van der Waals surface area contributed by atoms with Crippen LogP contribution in [0.3, 0.4) is 0 Å². The van der Waals surface area contributed by atoms with Crippen LogP contribution in [0.4, 0.5) is 0 Å². The summed E-state index contributed by atoms with van der Waals surface area (Å²) in [7, 11) is 0. The second-order valence-corrected chi connectivity index (χ2v) is 6.86. The van der Waals surface area contributed by atoms with Crippen LogP contribution in [-0.4, -0.2) is 65.1 Å². The fourth-order valence-corrected chi connectivity index (χ4v) is 3.85. The molecule has 5 nitrogen and oxygen atoms in total. The van der Waals surface area contributed by atoms with Gasteiger partial charge in [-0.25, -0.2) is 0 Å². The van der Waals surface area contributed by atoms with Crippen molar-refractivity contribution in [3.8, 4) is 0 Å². The lowest BCUT2D eigenvalue weighted by atomic mass is 9.96. The van der Waals surface area contributed by atoms with Gasteiger partial charge in [0.2, 0.25) is 0 Å². The highest BCUT2D eigenvalue weighted by Gasteiger charge is 2.36. The topological polar surface area (TPSA) is 56.7 Å². The molecule has 0 spiro atoms. The van der Waals surface area contributed by atoms with Crippen molar-refractivity contribution in [3.63, 3.8) is 0 Å². The number of amides is 1. The van der Waals surface area contributed by atoms with Crippen LogP contribution in [-0.2, 0) is 0 Å². The van der Waals surface area contributed by atoms with Crippen LogP contribution in [0.1, 0.15) is 36.0 Å². The largest absolute Gasteiger partial charge is 0.396 e. The molecule has 5 heteroatoms. The predicted octanol–water partition coefficient (Wildman–Crippen LogP) is 1.64. The van der Waals surface area contributed by atoms with E-state index in [0.717, 1.165) is 26.2 Å². The van der Waals surface area contributed by atoms with Gasteiger partial charge in [0, 0.05) is 50.1 Å². The molecule has 0 unspecified atom stereocenters. The summed E-state index contributed by atoms with van der Waals surface area (Å²) in [6.45, 7) is 4.91. The van der Waals surface area contributed by atoms with Gasteiger partial charge in [-0.2, -0.15) is 0 Å². The van der Waals surface area contributed by atoms with Crippen molar-refractivity contribution < 1.29 is 9.90 Å². The Hall–Kier alpha value is -1.46. The van der Waals surface area contributed by atoms with Crippen LogP contribution >= 0.6 is 0 Å². The number of aromatic nitrogens is 1. The zero-order valence-electron chi connectivity index (χ0n) is 13.7. The van der Waals surface area contributed by atoms with Crippen LogP contribution in [0.2, 0.25) is 0 Å². The molecule has 3 heterocycles. The van der Waals surface area contributed by atoms with Gasteiger partial charge < -0.3 is 14.9 Å². The molecular formula is C18H27N3O2. The maximum atomic E-state index is 12.6. The number of rotatable bonds is 4. The molecule has 126 valence electrons. The number of aliphatic hydroxyl groups excluding tert-OH is 1. The zero-order valence-corrected chi connectivity index (χ0v) is 13.7. The molecule has 2 aliphatic rings. The third-order valence-corrected chi connectivity index (χ3v) is 5.22. The number of aliphatic hydroxyl groups is 1. The van der Waals surface area contributed by atoms with Crippen molar-refractivity contribution >= 4 is 5.91 Å². The number of nitrogens with zero attached hydrogens (tertiary/aromatic N) is 3. The summed E-state index contributed by atoms with van der Waals surface area (Å²) in [5, 5.41) is 9.73. The van der Waals surface area contributed by atoms with Crippen molar-refractivity contribution in [3.05, 3.63) is 30.1 Å². The van der Waals surface area contributed by atoms with Gasteiger partial charge in [0.25, 0.3) is 5.91 Å². The van der Waals surface area contributed by atoms with E-state index >= 15 is 0 Å². The fraction of sp³-hybridized carbons (Fsp3) is 0.667. The van der Waals surface area contributed by atoms with E-state index in [1.165, 1.54) is 25.7 Å². The van der Waals surface area contributed by atoms with Gasteiger partial charge in [-0.15, -0.1) is 0 Å². The molecule has 0 bridgehead atoms. The Labute approximate surface area is 138 Å². The molecule has 1 aromatic rings. The summed E-state index contributed by atoms with van der Waals surface area (Å²) in [6.07, 6.45) is 8.52. The van der Waals surface area contributed by atoms with E-state index in [-0.39, 0.29) is 18.4 Å². The number of likely N-dealkylation sites (tertiary alicyclic amines) is 2. The van der Waals surface area contributed by atoms with Crippen LogP contribution in [0.25, 0.3) is 0 Å². The van der Waals surface area contributed by atoms with E-state index in [1.807, 2.05) is 4.90 Å². The van der Waals surface area contributed by atoms with E-state index in [9.17, 15) is 9.90 Å². The van der Waals surface area contributed by atoms with Crippen molar-refractivity contribution in [2.24, 2.45) is 11.8 Å². The molecule has 0 saturated carbocycles. The Kier molecular flexibility index (Phi) is 5.62. The molecule has 2 saturated heterocycles. The average Bonchev–Trinajstić information content (AvgIpc) is 2.82. The summed E-state index contributed by atoms with van der Waals surface area (Å²) >= 11 is 0. The molecule has 1 N–H and O–H groups in total. The Balaban J connectivity index is 1.62. The molecule has 0 aliphatic carbocycles. The lowest BCUT2D eigenvalue weighted by molar-refractivity contribution is 0.0779. The lowest BCUT2D eigenvalue weighted by Gasteiger charge is -2.26. The number of carbonyl (C=O) groups excluding carboxylic acids is 1. The van der Waals surface area contributed by atoms with Crippen LogP contribution in [0, 0.1) is 11.8 Å². The summed E-state index contributed by atoms with van der Waals surface area (Å²) in [5.74, 6) is 0.636. The fourth-order valence-electron chi connectivity index (χ4n) is 3.85. The average molecular weight is 317 g/mol. The van der Waals surface area contributed by atoms with Crippen LogP contribution in [0.15, 0.2) is 24.5 Å². The minimum absolute atomic E-state index is 0.0595.